The number of hydrogen-bond donors (Lipinski definition) is 1. The van der Waals surface area contributed by atoms with E-state index in [1.165, 1.54) is 0 Å². The maximum absolute atomic E-state index is 5.68. The van der Waals surface area contributed by atoms with Crippen LogP contribution in [0.15, 0.2) is 0 Å². The maximum atomic E-state index is 5.68. The van der Waals surface area contributed by atoms with Gasteiger partial charge in [0.25, 0.3) is 0 Å². The van der Waals surface area contributed by atoms with E-state index in [1.807, 2.05) is 0 Å². The molecule has 0 aromatic heterocycles. The van der Waals surface area contributed by atoms with Crippen LogP contribution in [0.4, 0.5) is 0 Å². The minimum absolute atomic E-state index is 0.292. The average Bonchev–Trinajstić information content (AvgIpc) is 1.96. The normalized spacial score (nSPS) is 32.2. The van der Waals surface area contributed by atoms with Crippen molar-refractivity contribution in [3.8, 4) is 0 Å². The molecule has 0 aliphatic carbocycles. The third kappa shape index (κ3) is 1.79. The first-order valence-electron chi connectivity index (χ1n) is 4.59. The largest absolute Gasteiger partial charge is 0.329 e. The van der Waals surface area contributed by atoms with Crippen molar-refractivity contribution >= 4 is 0 Å². The summed E-state index contributed by atoms with van der Waals surface area (Å²) in [5.74, 6) is 0. The monoisotopic (exact) mass is 171 g/mol. The highest BCUT2D eigenvalue weighted by molar-refractivity contribution is 4.92. The Kier molecular flexibility index (Phi) is 2.76. The number of nitrogens with two attached hydrogens (primary N) is 1. The topological polar surface area (TPSA) is 32.5 Å². The van der Waals surface area contributed by atoms with Gasteiger partial charge >= 0.3 is 0 Å². The molecule has 1 saturated heterocycles. The fourth-order valence-corrected chi connectivity index (χ4v) is 1.82. The first-order chi connectivity index (χ1) is 5.47. The van der Waals surface area contributed by atoms with Crippen molar-refractivity contribution in [1.29, 1.82) is 0 Å². The highest BCUT2D eigenvalue weighted by Gasteiger charge is 2.34. The fourth-order valence-electron chi connectivity index (χ4n) is 1.82. The zero-order valence-electron chi connectivity index (χ0n) is 8.67. The van der Waals surface area contributed by atoms with Crippen LogP contribution < -0.4 is 5.73 Å². The van der Waals surface area contributed by atoms with E-state index in [0.717, 1.165) is 19.6 Å². The van der Waals surface area contributed by atoms with Crippen LogP contribution in [0.2, 0.25) is 0 Å². The number of piperazine rings is 1. The average molecular weight is 171 g/mol. The van der Waals surface area contributed by atoms with Crippen LogP contribution in [0, 0.1) is 0 Å². The van der Waals surface area contributed by atoms with Gasteiger partial charge in [0.05, 0.1) is 0 Å². The van der Waals surface area contributed by atoms with Crippen molar-refractivity contribution in [2.24, 2.45) is 5.73 Å². The van der Waals surface area contributed by atoms with Crippen molar-refractivity contribution in [2.75, 3.05) is 33.7 Å². The molecular weight excluding hydrogens is 150 g/mol. The smallest absolute Gasteiger partial charge is 0.0343 e. The van der Waals surface area contributed by atoms with Crippen molar-refractivity contribution in [2.45, 2.75) is 25.4 Å². The molecule has 1 aliphatic rings. The molecule has 0 aromatic rings. The summed E-state index contributed by atoms with van der Waals surface area (Å²) in [6.45, 7) is 7.49. The Balaban J connectivity index is 2.62. The second-order valence-corrected chi connectivity index (χ2v) is 4.50. The molecule has 0 radical (unpaired) electrons. The van der Waals surface area contributed by atoms with E-state index in [1.54, 1.807) is 0 Å². The summed E-state index contributed by atoms with van der Waals surface area (Å²) in [5, 5.41) is 0. The van der Waals surface area contributed by atoms with Crippen molar-refractivity contribution in [1.82, 2.24) is 9.80 Å². The summed E-state index contributed by atoms with van der Waals surface area (Å²) < 4.78 is 0. The molecule has 0 amide bonds. The van der Waals surface area contributed by atoms with Gasteiger partial charge in [-0.05, 0) is 27.9 Å². The van der Waals surface area contributed by atoms with Crippen molar-refractivity contribution < 1.29 is 0 Å². The molecule has 1 aliphatic heterocycles. The summed E-state index contributed by atoms with van der Waals surface area (Å²) in [7, 11) is 4.34. The summed E-state index contributed by atoms with van der Waals surface area (Å²) in [5.41, 5.74) is 5.97. The highest BCUT2D eigenvalue weighted by atomic mass is 15.3. The Morgan fingerprint density at radius 2 is 2.00 bits per heavy atom. The summed E-state index contributed by atoms with van der Waals surface area (Å²) in [6, 6.07) is 0.531. The Bertz CT molecular complexity index is 156. The van der Waals surface area contributed by atoms with Gasteiger partial charge in [0.1, 0.15) is 0 Å². The Morgan fingerprint density at radius 1 is 1.42 bits per heavy atom. The second-order valence-electron chi connectivity index (χ2n) is 4.50. The zero-order valence-corrected chi connectivity index (χ0v) is 8.67. The fraction of sp³-hybridized carbons (Fsp3) is 1.00. The molecule has 1 fully saturated rings. The summed E-state index contributed by atoms with van der Waals surface area (Å²) in [4.78, 5) is 4.75. The third-order valence-electron chi connectivity index (χ3n) is 3.05. The lowest BCUT2D eigenvalue weighted by Gasteiger charge is -2.48. The van der Waals surface area contributed by atoms with E-state index >= 15 is 0 Å². The van der Waals surface area contributed by atoms with Gasteiger partial charge in [-0.2, -0.15) is 0 Å². The predicted molar refractivity (Wildman–Crippen MR) is 52.2 cm³/mol. The molecule has 0 bridgehead atoms. The van der Waals surface area contributed by atoms with Crippen LogP contribution in [0.3, 0.4) is 0 Å². The maximum Gasteiger partial charge on any atom is 0.0343 e. The zero-order chi connectivity index (χ0) is 9.35. The Hall–Kier alpha value is -0.120. The van der Waals surface area contributed by atoms with Gasteiger partial charge in [-0.1, -0.05) is 0 Å². The molecule has 1 rings (SSSR count). The third-order valence-corrected chi connectivity index (χ3v) is 3.05. The Morgan fingerprint density at radius 3 is 2.50 bits per heavy atom. The van der Waals surface area contributed by atoms with Gasteiger partial charge in [0.2, 0.25) is 0 Å². The molecule has 1 heterocycles. The first-order valence-corrected chi connectivity index (χ1v) is 4.59. The SMILES string of the molecule is CN1CC(C)(C)N(C)CC1CN. The summed E-state index contributed by atoms with van der Waals surface area (Å²) in [6.07, 6.45) is 0. The second kappa shape index (κ2) is 3.32. The van der Waals surface area contributed by atoms with Gasteiger partial charge < -0.3 is 5.73 Å². The van der Waals surface area contributed by atoms with Gasteiger partial charge in [-0.3, -0.25) is 9.80 Å². The van der Waals surface area contributed by atoms with E-state index in [0.29, 0.717) is 11.6 Å². The van der Waals surface area contributed by atoms with E-state index in [2.05, 4.69) is 37.7 Å². The molecule has 2 N–H and O–H groups in total. The minimum Gasteiger partial charge on any atom is -0.329 e. The molecule has 1 atom stereocenters. The van der Waals surface area contributed by atoms with Crippen LogP contribution in [0.5, 0.6) is 0 Å². The Labute approximate surface area is 75.5 Å². The molecular formula is C9H21N3. The number of nitrogens with zero attached hydrogens (tertiary/aromatic N) is 2. The molecule has 0 aromatic carbocycles. The molecule has 3 heteroatoms. The number of rotatable bonds is 1. The van der Waals surface area contributed by atoms with E-state index in [9.17, 15) is 0 Å². The van der Waals surface area contributed by atoms with Crippen molar-refractivity contribution in [3.05, 3.63) is 0 Å². The van der Waals surface area contributed by atoms with Crippen LogP contribution in [-0.2, 0) is 0 Å². The predicted octanol–water partition coefficient (Wildman–Crippen LogP) is -0.0305. The lowest BCUT2D eigenvalue weighted by Crippen LogP contribution is -2.62. The molecule has 12 heavy (non-hydrogen) atoms. The van der Waals surface area contributed by atoms with Gasteiger partial charge in [-0.25, -0.2) is 0 Å². The van der Waals surface area contributed by atoms with E-state index in [-0.39, 0.29) is 0 Å². The molecule has 0 saturated carbocycles. The van der Waals surface area contributed by atoms with E-state index in [4.69, 9.17) is 5.73 Å². The first kappa shape index (κ1) is 9.96. The number of hydrogen-bond acceptors (Lipinski definition) is 3. The molecule has 0 spiro atoms. The van der Waals surface area contributed by atoms with Crippen LogP contribution >= 0.6 is 0 Å². The lowest BCUT2D eigenvalue weighted by molar-refractivity contribution is 0.0168. The molecule has 3 nitrogen and oxygen atoms in total. The van der Waals surface area contributed by atoms with Crippen molar-refractivity contribution in [3.63, 3.8) is 0 Å². The van der Waals surface area contributed by atoms with Gasteiger partial charge in [0, 0.05) is 31.2 Å². The minimum atomic E-state index is 0.292. The quantitative estimate of drug-likeness (QED) is 0.601. The van der Waals surface area contributed by atoms with Crippen LogP contribution in [-0.4, -0.2) is 55.1 Å². The molecule has 1 unspecified atom stereocenters. The van der Waals surface area contributed by atoms with Crippen LogP contribution in [0.25, 0.3) is 0 Å². The van der Waals surface area contributed by atoms with Gasteiger partial charge in [0.15, 0.2) is 0 Å². The number of likely N-dealkylation sites (N-methyl/N-ethyl adjacent to an activating group) is 2. The van der Waals surface area contributed by atoms with E-state index < -0.39 is 0 Å². The lowest BCUT2D eigenvalue weighted by atomic mass is 9.97. The van der Waals surface area contributed by atoms with Crippen LogP contribution in [0.1, 0.15) is 13.8 Å². The highest BCUT2D eigenvalue weighted by Crippen LogP contribution is 2.20. The van der Waals surface area contributed by atoms with Gasteiger partial charge in [-0.15, -0.1) is 0 Å². The molecule has 72 valence electrons. The summed E-state index contributed by atoms with van der Waals surface area (Å²) >= 11 is 0. The standard InChI is InChI=1S/C9H21N3/c1-9(2)7-11(3)8(5-10)6-12(9)4/h8H,5-7,10H2,1-4H3.